The van der Waals surface area contributed by atoms with E-state index >= 15 is 0 Å². The van der Waals surface area contributed by atoms with Crippen LogP contribution in [0.3, 0.4) is 0 Å². The molecule has 0 saturated heterocycles. The Morgan fingerprint density at radius 3 is 2.80 bits per heavy atom. The standard InChI is InChI=1S/C22H22N4O3S/c1-4-17(30(27,28)26-16-9-10-16)11-14(2)15-12-19-21(24-25-22(19)23-13-15)18-7-5-6-8-20(18)29-3/h4-8,11-13,16,26H,1-2,9-10H2,3H3,(H,23,24,25)/b17-11+. The second kappa shape index (κ2) is 7.89. The highest BCUT2D eigenvalue weighted by atomic mass is 32.2. The minimum Gasteiger partial charge on any atom is -0.496 e. The number of hydrogen-bond acceptors (Lipinski definition) is 5. The number of rotatable bonds is 8. The van der Waals surface area contributed by atoms with Gasteiger partial charge in [-0.15, -0.1) is 0 Å². The molecule has 1 fully saturated rings. The first-order valence-electron chi connectivity index (χ1n) is 9.46. The number of benzene rings is 1. The zero-order chi connectivity index (χ0) is 21.3. The quantitative estimate of drug-likeness (QED) is 0.538. The van der Waals surface area contributed by atoms with Crippen molar-refractivity contribution in [1.29, 1.82) is 0 Å². The molecule has 0 unspecified atom stereocenters. The van der Waals surface area contributed by atoms with Crippen molar-refractivity contribution < 1.29 is 13.2 Å². The van der Waals surface area contributed by atoms with Gasteiger partial charge in [-0.1, -0.05) is 25.3 Å². The molecule has 1 aromatic carbocycles. The Balaban J connectivity index is 1.72. The minimum absolute atomic E-state index is 0.0129. The van der Waals surface area contributed by atoms with Crippen LogP contribution in [0.4, 0.5) is 0 Å². The molecule has 0 aliphatic heterocycles. The molecule has 0 radical (unpaired) electrons. The third kappa shape index (κ3) is 3.92. The molecule has 30 heavy (non-hydrogen) atoms. The number of methoxy groups -OCH3 is 1. The summed E-state index contributed by atoms with van der Waals surface area (Å²) in [6.45, 7) is 7.68. The van der Waals surface area contributed by atoms with Gasteiger partial charge in [0.2, 0.25) is 10.0 Å². The van der Waals surface area contributed by atoms with Crippen LogP contribution in [0.25, 0.3) is 27.9 Å². The molecular formula is C22H22N4O3S. The van der Waals surface area contributed by atoms with Gasteiger partial charge in [0, 0.05) is 28.8 Å². The molecule has 0 bridgehead atoms. The van der Waals surface area contributed by atoms with Gasteiger partial charge in [0.25, 0.3) is 0 Å². The number of para-hydroxylation sites is 1. The summed E-state index contributed by atoms with van der Waals surface area (Å²) in [4.78, 5) is 4.47. The van der Waals surface area contributed by atoms with Crippen molar-refractivity contribution in [2.75, 3.05) is 7.11 Å². The van der Waals surface area contributed by atoms with Gasteiger partial charge in [-0.05, 0) is 48.8 Å². The van der Waals surface area contributed by atoms with Crippen LogP contribution in [0, 0.1) is 0 Å². The fourth-order valence-corrected chi connectivity index (χ4v) is 4.45. The number of ether oxygens (including phenoxy) is 1. The van der Waals surface area contributed by atoms with E-state index in [1.165, 1.54) is 12.2 Å². The lowest BCUT2D eigenvalue weighted by Gasteiger charge is -2.08. The molecule has 2 heterocycles. The summed E-state index contributed by atoms with van der Waals surface area (Å²) in [5.41, 5.74) is 3.35. The Morgan fingerprint density at radius 2 is 2.10 bits per heavy atom. The van der Waals surface area contributed by atoms with Crippen molar-refractivity contribution in [1.82, 2.24) is 19.9 Å². The van der Waals surface area contributed by atoms with E-state index in [9.17, 15) is 8.42 Å². The van der Waals surface area contributed by atoms with Crippen molar-refractivity contribution in [3.05, 3.63) is 72.3 Å². The maximum atomic E-state index is 12.5. The summed E-state index contributed by atoms with van der Waals surface area (Å²) in [5, 5.41) is 8.07. The van der Waals surface area contributed by atoms with Gasteiger partial charge in [-0.2, -0.15) is 5.10 Å². The molecule has 7 nitrogen and oxygen atoms in total. The van der Waals surface area contributed by atoms with Crippen LogP contribution < -0.4 is 9.46 Å². The first-order valence-corrected chi connectivity index (χ1v) is 10.9. The van der Waals surface area contributed by atoms with Crippen molar-refractivity contribution >= 4 is 26.6 Å². The molecule has 2 aromatic heterocycles. The van der Waals surface area contributed by atoms with Crippen LogP contribution in [0.1, 0.15) is 18.4 Å². The molecule has 0 amide bonds. The number of nitrogens with zero attached hydrogens (tertiary/aromatic N) is 2. The van der Waals surface area contributed by atoms with E-state index in [0.29, 0.717) is 22.5 Å². The van der Waals surface area contributed by atoms with Gasteiger partial charge in [-0.3, -0.25) is 5.10 Å². The SMILES string of the molecule is C=C/C(=C\C(=C)c1cnc2n[nH]c(-c3ccccc3OC)c2c1)S(=O)(=O)NC1CC1. The topological polar surface area (TPSA) is 97.0 Å². The van der Waals surface area contributed by atoms with Gasteiger partial charge in [0.15, 0.2) is 5.65 Å². The first-order chi connectivity index (χ1) is 14.4. The maximum absolute atomic E-state index is 12.5. The zero-order valence-electron chi connectivity index (χ0n) is 16.6. The molecule has 0 spiro atoms. The summed E-state index contributed by atoms with van der Waals surface area (Å²) in [6, 6.07) is 9.50. The number of sulfonamides is 1. The predicted octanol–water partition coefficient (Wildman–Crippen LogP) is 3.80. The second-order valence-corrected chi connectivity index (χ2v) is 8.78. The average Bonchev–Trinajstić information content (AvgIpc) is 3.45. The fraction of sp³-hybridized carbons (Fsp3) is 0.182. The molecule has 1 aliphatic carbocycles. The minimum atomic E-state index is -3.63. The number of H-pyrrole nitrogens is 1. The number of hydrogen-bond donors (Lipinski definition) is 2. The number of aromatic nitrogens is 3. The average molecular weight is 423 g/mol. The van der Waals surface area contributed by atoms with E-state index in [1.54, 1.807) is 13.3 Å². The zero-order valence-corrected chi connectivity index (χ0v) is 17.4. The van der Waals surface area contributed by atoms with E-state index in [0.717, 1.165) is 29.5 Å². The van der Waals surface area contributed by atoms with Gasteiger partial charge >= 0.3 is 0 Å². The van der Waals surface area contributed by atoms with Crippen molar-refractivity contribution in [2.45, 2.75) is 18.9 Å². The monoisotopic (exact) mass is 422 g/mol. The van der Waals surface area contributed by atoms with Crippen LogP contribution in [0.2, 0.25) is 0 Å². The van der Waals surface area contributed by atoms with Gasteiger partial charge in [0.1, 0.15) is 5.75 Å². The maximum Gasteiger partial charge on any atom is 0.240 e. The van der Waals surface area contributed by atoms with Crippen molar-refractivity contribution in [2.24, 2.45) is 0 Å². The van der Waals surface area contributed by atoms with Crippen molar-refractivity contribution in [3.63, 3.8) is 0 Å². The van der Waals surface area contributed by atoms with E-state index in [-0.39, 0.29) is 10.9 Å². The molecule has 2 N–H and O–H groups in total. The van der Waals surface area contributed by atoms with Crippen LogP contribution in [0.15, 0.2) is 66.7 Å². The van der Waals surface area contributed by atoms with Crippen LogP contribution in [-0.2, 0) is 10.0 Å². The first kappa shape index (κ1) is 20.1. The van der Waals surface area contributed by atoms with Crippen LogP contribution >= 0.6 is 0 Å². The third-order valence-corrected chi connectivity index (χ3v) is 6.43. The van der Waals surface area contributed by atoms with Crippen LogP contribution in [-0.4, -0.2) is 36.8 Å². The van der Waals surface area contributed by atoms with Gasteiger partial charge in [-0.25, -0.2) is 18.1 Å². The molecule has 8 heteroatoms. The molecule has 0 atom stereocenters. The molecule has 1 saturated carbocycles. The van der Waals surface area contributed by atoms with Gasteiger partial charge < -0.3 is 4.74 Å². The van der Waals surface area contributed by atoms with Crippen LogP contribution in [0.5, 0.6) is 5.75 Å². The second-order valence-electron chi connectivity index (χ2n) is 7.07. The van der Waals surface area contributed by atoms with E-state index in [4.69, 9.17) is 4.74 Å². The number of pyridine rings is 1. The summed E-state index contributed by atoms with van der Waals surface area (Å²) < 4.78 is 33.2. The highest BCUT2D eigenvalue weighted by Crippen LogP contribution is 2.33. The largest absolute Gasteiger partial charge is 0.496 e. The molecule has 3 aromatic rings. The Hall–Kier alpha value is -3.23. The molecular weight excluding hydrogens is 400 g/mol. The number of nitrogens with one attached hydrogen (secondary N) is 2. The fourth-order valence-electron chi connectivity index (χ4n) is 3.12. The third-order valence-electron chi connectivity index (χ3n) is 4.88. The highest BCUT2D eigenvalue weighted by molar-refractivity contribution is 7.93. The Kier molecular flexibility index (Phi) is 5.27. The van der Waals surface area contributed by atoms with E-state index in [2.05, 4.69) is 33.1 Å². The van der Waals surface area contributed by atoms with Gasteiger partial charge in [0.05, 0.1) is 17.7 Å². The molecule has 154 valence electrons. The number of fused-ring (bicyclic) bond motifs is 1. The molecule has 4 rings (SSSR count). The van der Waals surface area contributed by atoms with E-state index < -0.39 is 10.0 Å². The normalized spacial score (nSPS) is 14.6. The Bertz CT molecular complexity index is 1270. The highest BCUT2D eigenvalue weighted by Gasteiger charge is 2.28. The Labute approximate surface area is 175 Å². The smallest absolute Gasteiger partial charge is 0.240 e. The summed E-state index contributed by atoms with van der Waals surface area (Å²) in [6.07, 6.45) is 6.16. The Morgan fingerprint density at radius 1 is 1.33 bits per heavy atom. The predicted molar refractivity (Wildman–Crippen MR) is 118 cm³/mol. The molecule has 1 aliphatic rings. The lowest BCUT2D eigenvalue weighted by Crippen LogP contribution is -2.26. The van der Waals surface area contributed by atoms with E-state index in [1.807, 2.05) is 30.3 Å². The lowest BCUT2D eigenvalue weighted by atomic mass is 10.0. The lowest BCUT2D eigenvalue weighted by molar-refractivity contribution is 0.416. The number of allylic oxidation sites excluding steroid dienone is 3. The number of aromatic amines is 1. The summed E-state index contributed by atoms with van der Waals surface area (Å²) in [5.74, 6) is 0.707. The van der Waals surface area contributed by atoms with Crippen molar-refractivity contribution in [3.8, 4) is 17.0 Å². The summed E-state index contributed by atoms with van der Waals surface area (Å²) >= 11 is 0. The summed E-state index contributed by atoms with van der Waals surface area (Å²) in [7, 11) is -2.02.